The molecule has 176 valence electrons. The maximum absolute atomic E-state index is 13.1. The monoisotopic (exact) mass is 552 g/mol. The first-order valence-corrected chi connectivity index (χ1v) is 12.0. The van der Waals surface area contributed by atoms with Crippen LogP contribution in [-0.4, -0.2) is 23.2 Å². The molecule has 0 aromatic heterocycles. The van der Waals surface area contributed by atoms with Gasteiger partial charge in [-0.05, 0) is 64.9 Å². The SMILES string of the molecule is COc1cc(/C=C2/SC(=O)N(Cc3ccccc3C#N)C2=O)c(Br)cc1OCc1ccc(F)cc1. The predicted molar refractivity (Wildman–Crippen MR) is 134 cm³/mol. The second-order valence-corrected chi connectivity index (χ2v) is 9.32. The third-order valence-corrected chi connectivity index (χ3v) is 6.81. The van der Waals surface area contributed by atoms with Crippen LogP contribution in [0.2, 0.25) is 0 Å². The van der Waals surface area contributed by atoms with Crippen LogP contribution in [0.5, 0.6) is 11.5 Å². The van der Waals surface area contributed by atoms with Crippen molar-refractivity contribution in [3.63, 3.8) is 0 Å². The summed E-state index contributed by atoms with van der Waals surface area (Å²) in [5.74, 6) is 0.137. The molecule has 4 rings (SSSR count). The Balaban J connectivity index is 1.54. The third kappa shape index (κ3) is 5.56. The Morgan fingerprint density at radius 1 is 1.11 bits per heavy atom. The summed E-state index contributed by atoms with van der Waals surface area (Å²) < 4.78 is 25.0. The normalized spacial score (nSPS) is 14.3. The second kappa shape index (κ2) is 10.8. The van der Waals surface area contributed by atoms with E-state index in [0.29, 0.717) is 32.7 Å². The molecule has 9 heteroatoms. The highest BCUT2D eigenvalue weighted by molar-refractivity contribution is 9.10. The van der Waals surface area contributed by atoms with Crippen molar-refractivity contribution in [3.05, 3.63) is 98.1 Å². The molecule has 0 radical (unpaired) electrons. The highest BCUT2D eigenvalue weighted by Crippen LogP contribution is 2.38. The molecule has 35 heavy (non-hydrogen) atoms. The summed E-state index contributed by atoms with van der Waals surface area (Å²) >= 11 is 4.33. The van der Waals surface area contributed by atoms with Crippen molar-refractivity contribution in [3.8, 4) is 17.6 Å². The summed E-state index contributed by atoms with van der Waals surface area (Å²) in [7, 11) is 1.50. The summed E-state index contributed by atoms with van der Waals surface area (Å²) in [6.07, 6.45) is 1.61. The average Bonchev–Trinajstić information content (AvgIpc) is 3.12. The highest BCUT2D eigenvalue weighted by Gasteiger charge is 2.35. The van der Waals surface area contributed by atoms with Gasteiger partial charge in [-0.3, -0.25) is 14.5 Å². The molecule has 1 fully saturated rings. The lowest BCUT2D eigenvalue weighted by Gasteiger charge is -2.14. The van der Waals surface area contributed by atoms with Gasteiger partial charge in [0, 0.05) is 4.47 Å². The lowest BCUT2D eigenvalue weighted by atomic mass is 10.1. The van der Waals surface area contributed by atoms with Gasteiger partial charge in [0.25, 0.3) is 11.1 Å². The van der Waals surface area contributed by atoms with Crippen LogP contribution in [0.1, 0.15) is 22.3 Å². The van der Waals surface area contributed by atoms with Gasteiger partial charge in [-0.2, -0.15) is 5.26 Å². The van der Waals surface area contributed by atoms with Gasteiger partial charge in [-0.25, -0.2) is 4.39 Å². The molecular weight excluding hydrogens is 535 g/mol. The summed E-state index contributed by atoms with van der Waals surface area (Å²) in [5, 5.41) is 8.88. The van der Waals surface area contributed by atoms with Crippen molar-refractivity contribution in [1.82, 2.24) is 4.90 Å². The highest BCUT2D eigenvalue weighted by atomic mass is 79.9. The van der Waals surface area contributed by atoms with Gasteiger partial charge in [0.05, 0.1) is 30.2 Å². The van der Waals surface area contributed by atoms with Crippen LogP contribution in [0.15, 0.2) is 70.0 Å². The quantitative estimate of drug-likeness (QED) is 0.321. The molecule has 0 aliphatic carbocycles. The number of carbonyl (C=O) groups is 2. The molecule has 0 N–H and O–H groups in total. The zero-order valence-corrected chi connectivity index (χ0v) is 20.9. The summed E-state index contributed by atoms with van der Waals surface area (Å²) in [4.78, 5) is 26.9. The van der Waals surface area contributed by atoms with E-state index in [2.05, 4.69) is 22.0 Å². The van der Waals surface area contributed by atoms with Crippen LogP contribution in [0.4, 0.5) is 9.18 Å². The number of imide groups is 1. The fourth-order valence-electron chi connectivity index (χ4n) is 3.39. The Morgan fingerprint density at radius 3 is 2.57 bits per heavy atom. The van der Waals surface area contributed by atoms with Gasteiger partial charge in [-0.1, -0.05) is 46.3 Å². The first-order chi connectivity index (χ1) is 16.9. The number of hydrogen-bond acceptors (Lipinski definition) is 6. The molecule has 3 aromatic carbocycles. The minimum Gasteiger partial charge on any atom is -0.493 e. The maximum atomic E-state index is 13.1. The minimum atomic E-state index is -0.435. The molecule has 6 nitrogen and oxygen atoms in total. The van der Waals surface area contributed by atoms with E-state index in [1.54, 1.807) is 54.6 Å². The van der Waals surface area contributed by atoms with Crippen LogP contribution in [0.3, 0.4) is 0 Å². The number of rotatable bonds is 7. The standard InChI is InChI=1S/C26H18BrFN2O4S/c1-33-22-10-19(21(27)12-23(22)34-15-16-6-8-20(28)9-7-16)11-24-25(31)30(26(32)35-24)14-18-5-3-2-4-17(18)13-29/h2-12H,14-15H2,1H3/b24-11+. The van der Waals surface area contributed by atoms with E-state index < -0.39 is 11.1 Å². The molecule has 1 aliphatic rings. The fraction of sp³-hybridized carbons (Fsp3) is 0.115. The number of nitriles is 1. The molecular formula is C26H18BrFN2O4S. The van der Waals surface area contributed by atoms with E-state index in [9.17, 15) is 19.2 Å². The maximum Gasteiger partial charge on any atom is 0.293 e. The van der Waals surface area contributed by atoms with E-state index in [4.69, 9.17) is 9.47 Å². The van der Waals surface area contributed by atoms with Gasteiger partial charge in [0.2, 0.25) is 0 Å². The van der Waals surface area contributed by atoms with E-state index in [-0.39, 0.29) is 23.9 Å². The third-order valence-electron chi connectivity index (χ3n) is 5.22. The van der Waals surface area contributed by atoms with E-state index in [1.807, 2.05) is 0 Å². The van der Waals surface area contributed by atoms with Gasteiger partial charge in [0.15, 0.2) is 11.5 Å². The molecule has 0 saturated carbocycles. The van der Waals surface area contributed by atoms with Crippen molar-refractivity contribution in [2.24, 2.45) is 0 Å². The minimum absolute atomic E-state index is 0.0202. The molecule has 0 atom stereocenters. The predicted octanol–water partition coefficient (Wildman–Crippen LogP) is 6.28. The molecule has 3 aromatic rings. The number of nitrogens with zero attached hydrogens (tertiary/aromatic N) is 2. The average molecular weight is 553 g/mol. The number of amides is 2. The summed E-state index contributed by atoms with van der Waals surface area (Å²) in [6, 6.07) is 18.3. The van der Waals surface area contributed by atoms with E-state index >= 15 is 0 Å². The van der Waals surface area contributed by atoms with Gasteiger partial charge in [-0.15, -0.1) is 0 Å². The topological polar surface area (TPSA) is 79.6 Å². The number of thioether (sulfide) groups is 1. The summed E-state index contributed by atoms with van der Waals surface area (Å²) in [6.45, 7) is 0.234. The van der Waals surface area contributed by atoms with Gasteiger partial charge >= 0.3 is 0 Å². The van der Waals surface area contributed by atoms with Gasteiger partial charge in [0.1, 0.15) is 12.4 Å². The Hall–Kier alpha value is -3.61. The van der Waals surface area contributed by atoms with Crippen molar-refractivity contribution >= 4 is 44.9 Å². The van der Waals surface area contributed by atoms with Crippen LogP contribution in [-0.2, 0) is 17.9 Å². The Bertz CT molecular complexity index is 1370. The first kappa shape index (κ1) is 24.5. The van der Waals surface area contributed by atoms with Crippen molar-refractivity contribution in [2.45, 2.75) is 13.2 Å². The number of hydrogen-bond donors (Lipinski definition) is 0. The molecule has 0 bridgehead atoms. The van der Waals surface area contributed by atoms with Gasteiger partial charge < -0.3 is 9.47 Å². The van der Waals surface area contributed by atoms with Crippen LogP contribution >= 0.6 is 27.7 Å². The molecule has 1 heterocycles. The lowest BCUT2D eigenvalue weighted by Crippen LogP contribution is -2.27. The van der Waals surface area contributed by atoms with Crippen molar-refractivity contribution in [2.75, 3.05) is 7.11 Å². The van der Waals surface area contributed by atoms with Crippen LogP contribution in [0, 0.1) is 17.1 Å². The number of ether oxygens (including phenoxy) is 2. The zero-order chi connectivity index (χ0) is 24.9. The fourth-order valence-corrected chi connectivity index (χ4v) is 4.66. The molecule has 0 spiro atoms. The molecule has 1 aliphatic heterocycles. The lowest BCUT2D eigenvalue weighted by molar-refractivity contribution is -0.123. The van der Waals surface area contributed by atoms with E-state index in [1.165, 1.54) is 19.2 Å². The summed E-state index contributed by atoms with van der Waals surface area (Å²) in [5.41, 5.74) is 2.43. The van der Waals surface area contributed by atoms with Crippen LogP contribution < -0.4 is 9.47 Å². The molecule has 0 unspecified atom stereocenters. The Morgan fingerprint density at radius 2 is 1.86 bits per heavy atom. The number of halogens is 2. The molecule has 1 saturated heterocycles. The van der Waals surface area contributed by atoms with Crippen LogP contribution in [0.25, 0.3) is 6.08 Å². The Kier molecular flexibility index (Phi) is 7.54. The van der Waals surface area contributed by atoms with Crippen molar-refractivity contribution < 1.29 is 23.5 Å². The largest absolute Gasteiger partial charge is 0.493 e. The molecule has 2 amide bonds. The van der Waals surface area contributed by atoms with E-state index in [0.717, 1.165) is 22.2 Å². The number of methoxy groups -OCH3 is 1. The smallest absolute Gasteiger partial charge is 0.293 e. The zero-order valence-electron chi connectivity index (χ0n) is 18.5. The second-order valence-electron chi connectivity index (χ2n) is 7.48. The van der Waals surface area contributed by atoms with Crippen molar-refractivity contribution in [1.29, 1.82) is 5.26 Å². The number of carbonyl (C=O) groups excluding carboxylic acids is 2. The number of benzene rings is 3. The first-order valence-electron chi connectivity index (χ1n) is 10.4. The Labute approximate surface area is 214 Å².